The molecule has 0 fully saturated rings. The van der Waals surface area contributed by atoms with E-state index >= 15 is 0 Å². The van der Waals surface area contributed by atoms with Crippen LogP contribution in [-0.2, 0) is 11.2 Å². The number of hydrogen-bond acceptors (Lipinski definition) is 4. The van der Waals surface area contributed by atoms with Gasteiger partial charge in [0, 0.05) is 6.42 Å². The zero-order valence-electron chi connectivity index (χ0n) is 17.7. The molecule has 0 aromatic heterocycles. The standard InChI is InChI=1S/C25H26N2O4/c1-18-14-19(2)16-21(15-18)31-17-24(28)26-27-25(29)22-10-6-7-11-23(22)30-13-12-20-8-4-3-5-9-20/h3-11,14-16H,12-13,17H2,1-2H3,(H,26,28)(H,27,29). The Morgan fingerprint density at radius 1 is 0.806 bits per heavy atom. The second-order valence-corrected chi connectivity index (χ2v) is 7.19. The van der Waals surface area contributed by atoms with Crippen LogP contribution in [0.3, 0.4) is 0 Å². The molecule has 0 spiro atoms. The van der Waals surface area contributed by atoms with E-state index in [-0.39, 0.29) is 6.61 Å². The summed E-state index contributed by atoms with van der Waals surface area (Å²) in [4.78, 5) is 24.6. The van der Waals surface area contributed by atoms with Crippen LogP contribution in [0.4, 0.5) is 0 Å². The molecule has 0 aliphatic heterocycles. The summed E-state index contributed by atoms with van der Waals surface area (Å²) in [5, 5.41) is 0. The summed E-state index contributed by atoms with van der Waals surface area (Å²) in [6.45, 7) is 4.14. The molecule has 0 bridgehead atoms. The lowest BCUT2D eigenvalue weighted by atomic mass is 10.1. The van der Waals surface area contributed by atoms with Gasteiger partial charge >= 0.3 is 0 Å². The Labute approximate surface area is 182 Å². The van der Waals surface area contributed by atoms with Gasteiger partial charge in [0.1, 0.15) is 11.5 Å². The predicted octanol–water partition coefficient (Wildman–Crippen LogP) is 3.76. The van der Waals surface area contributed by atoms with Gasteiger partial charge in [0.15, 0.2) is 6.61 Å². The molecule has 160 valence electrons. The first-order valence-electron chi connectivity index (χ1n) is 10.1. The van der Waals surface area contributed by atoms with Gasteiger partial charge in [0.25, 0.3) is 11.8 Å². The van der Waals surface area contributed by atoms with E-state index in [1.807, 2.05) is 62.4 Å². The molecule has 0 aliphatic carbocycles. The van der Waals surface area contributed by atoms with Crippen molar-refractivity contribution in [3.05, 3.63) is 95.1 Å². The van der Waals surface area contributed by atoms with Crippen molar-refractivity contribution in [1.29, 1.82) is 0 Å². The third-order valence-corrected chi connectivity index (χ3v) is 4.50. The number of carbonyl (C=O) groups excluding carboxylic acids is 2. The minimum atomic E-state index is -0.463. The minimum Gasteiger partial charge on any atom is -0.492 e. The van der Waals surface area contributed by atoms with Gasteiger partial charge in [-0.05, 0) is 54.8 Å². The number of carbonyl (C=O) groups is 2. The van der Waals surface area contributed by atoms with E-state index < -0.39 is 11.8 Å². The van der Waals surface area contributed by atoms with Gasteiger partial charge in [0.05, 0.1) is 12.2 Å². The van der Waals surface area contributed by atoms with E-state index in [2.05, 4.69) is 10.9 Å². The van der Waals surface area contributed by atoms with E-state index in [4.69, 9.17) is 9.47 Å². The van der Waals surface area contributed by atoms with E-state index in [0.29, 0.717) is 23.7 Å². The molecule has 0 heterocycles. The van der Waals surface area contributed by atoms with Gasteiger partial charge in [0.2, 0.25) is 0 Å². The molecule has 2 N–H and O–H groups in total. The van der Waals surface area contributed by atoms with Crippen molar-refractivity contribution >= 4 is 11.8 Å². The maximum absolute atomic E-state index is 12.5. The number of rotatable bonds is 8. The number of hydrogen-bond donors (Lipinski definition) is 2. The van der Waals surface area contributed by atoms with Crippen molar-refractivity contribution in [2.75, 3.05) is 13.2 Å². The lowest BCUT2D eigenvalue weighted by molar-refractivity contribution is -0.123. The summed E-state index contributed by atoms with van der Waals surface area (Å²) in [6.07, 6.45) is 0.725. The van der Waals surface area contributed by atoms with Crippen LogP contribution in [0.5, 0.6) is 11.5 Å². The quantitative estimate of drug-likeness (QED) is 0.546. The second kappa shape index (κ2) is 10.8. The molecule has 3 aromatic carbocycles. The van der Waals surface area contributed by atoms with Crippen molar-refractivity contribution in [2.45, 2.75) is 20.3 Å². The van der Waals surface area contributed by atoms with Crippen molar-refractivity contribution in [2.24, 2.45) is 0 Å². The summed E-state index contributed by atoms with van der Waals surface area (Å²) >= 11 is 0. The van der Waals surface area contributed by atoms with Crippen LogP contribution >= 0.6 is 0 Å². The average molecular weight is 418 g/mol. The molecule has 0 saturated carbocycles. The number of amides is 2. The van der Waals surface area contributed by atoms with Crippen LogP contribution in [0.15, 0.2) is 72.8 Å². The fourth-order valence-corrected chi connectivity index (χ4v) is 3.10. The van der Waals surface area contributed by atoms with Gasteiger partial charge in [-0.15, -0.1) is 0 Å². The maximum atomic E-state index is 12.5. The van der Waals surface area contributed by atoms with Crippen LogP contribution in [-0.4, -0.2) is 25.0 Å². The number of aryl methyl sites for hydroxylation is 2. The fourth-order valence-electron chi connectivity index (χ4n) is 3.10. The van der Waals surface area contributed by atoms with Gasteiger partial charge in [-0.3, -0.25) is 20.4 Å². The lowest BCUT2D eigenvalue weighted by Crippen LogP contribution is -2.43. The van der Waals surface area contributed by atoms with Crippen molar-refractivity contribution < 1.29 is 19.1 Å². The second-order valence-electron chi connectivity index (χ2n) is 7.19. The van der Waals surface area contributed by atoms with Crippen LogP contribution in [0.2, 0.25) is 0 Å². The lowest BCUT2D eigenvalue weighted by Gasteiger charge is -2.13. The normalized spacial score (nSPS) is 10.3. The number of benzene rings is 3. The number of nitrogens with one attached hydrogen (secondary N) is 2. The molecule has 6 nitrogen and oxygen atoms in total. The molecule has 0 atom stereocenters. The highest BCUT2D eigenvalue weighted by atomic mass is 16.5. The minimum absolute atomic E-state index is 0.210. The highest BCUT2D eigenvalue weighted by Gasteiger charge is 2.13. The highest BCUT2D eigenvalue weighted by Crippen LogP contribution is 2.18. The molecule has 0 radical (unpaired) electrons. The molecule has 6 heteroatoms. The Morgan fingerprint density at radius 2 is 1.48 bits per heavy atom. The highest BCUT2D eigenvalue weighted by molar-refractivity contribution is 5.97. The number of hydrazine groups is 1. The maximum Gasteiger partial charge on any atom is 0.276 e. The van der Waals surface area contributed by atoms with Crippen LogP contribution < -0.4 is 20.3 Å². The third kappa shape index (κ3) is 6.89. The molecule has 31 heavy (non-hydrogen) atoms. The van der Waals surface area contributed by atoms with E-state index in [1.54, 1.807) is 24.3 Å². The molecular weight excluding hydrogens is 392 g/mol. The first-order valence-corrected chi connectivity index (χ1v) is 10.1. The van der Waals surface area contributed by atoms with Gasteiger partial charge in [-0.1, -0.05) is 48.5 Å². The zero-order chi connectivity index (χ0) is 22.1. The molecule has 0 aliphatic rings. The summed E-state index contributed by atoms with van der Waals surface area (Å²) < 4.78 is 11.3. The summed E-state index contributed by atoms with van der Waals surface area (Å²) in [6, 6.07) is 22.6. The molecule has 2 amide bonds. The number of ether oxygens (including phenoxy) is 2. The first kappa shape index (κ1) is 21.9. The Bertz CT molecular complexity index is 1010. The Morgan fingerprint density at radius 3 is 2.23 bits per heavy atom. The van der Waals surface area contributed by atoms with E-state index in [9.17, 15) is 9.59 Å². The molecule has 0 unspecified atom stereocenters. The summed E-state index contributed by atoms with van der Waals surface area (Å²) in [7, 11) is 0. The monoisotopic (exact) mass is 418 g/mol. The van der Waals surface area contributed by atoms with Crippen molar-refractivity contribution in [3.8, 4) is 11.5 Å². The largest absolute Gasteiger partial charge is 0.492 e. The fraction of sp³-hybridized carbons (Fsp3) is 0.200. The smallest absolute Gasteiger partial charge is 0.276 e. The first-order chi connectivity index (χ1) is 15.0. The number of para-hydroxylation sites is 1. The topological polar surface area (TPSA) is 76.7 Å². The third-order valence-electron chi connectivity index (χ3n) is 4.50. The molecule has 3 aromatic rings. The molecular formula is C25H26N2O4. The Kier molecular flexibility index (Phi) is 7.65. The predicted molar refractivity (Wildman–Crippen MR) is 119 cm³/mol. The molecule has 3 rings (SSSR count). The summed E-state index contributed by atoms with van der Waals surface area (Å²) in [5.41, 5.74) is 8.37. The molecule has 0 saturated heterocycles. The van der Waals surface area contributed by atoms with Crippen LogP contribution in [0.1, 0.15) is 27.0 Å². The SMILES string of the molecule is Cc1cc(C)cc(OCC(=O)NNC(=O)c2ccccc2OCCc2ccccc2)c1. The van der Waals surface area contributed by atoms with Gasteiger partial charge in [-0.25, -0.2) is 0 Å². The van der Waals surface area contributed by atoms with E-state index in [1.165, 1.54) is 0 Å². The van der Waals surface area contributed by atoms with Gasteiger partial charge in [-0.2, -0.15) is 0 Å². The van der Waals surface area contributed by atoms with E-state index in [0.717, 1.165) is 23.1 Å². The Hall–Kier alpha value is -3.80. The van der Waals surface area contributed by atoms with Crippen LogP contribution in [0.25, 0.3) is 0 Å². The van der Waals surface area contributed by atoms with Crippen LogP contribution in [0, 0.1) is 13.8 Å². The van der Waals surface area contributed by atoms with Gasteiger partial charge < -0.3 is 9.47 Å². The Balaban J connectivity index is 1.49. The average Bonchev–Trinajstić information content (AvgIpc) is 2.76. The van der Waals surface area contributed by atoms with Crippen molar-refractivity contribution in [3.63, 3.8) is 0 Å². The zero-order valence-corrected chi connectivity index (χ0v) is 17.7. The summed E-state index contributed by atoms with van der Waals surface area (Å²) in [5.74, 6) is 0.137. The van der Waals surface area contributed by atoms with Crippen molar-refractivity contribution in [1.82, 2.24) is 10.9 Å².